The van der Waals surface area contributed by atoms with Crippen molar-refractivity contribution in [3.8, 4) is 0 Å². The van der Waals surface area contributed by atoms with Crippen molar-refractivity contribution in [3.63, 3.8) is 0 Å². The monoisotopic (exact) mass is 303 g/mol. The average Bonchev–Trinajstić information content (AvgIpc) is 2.83. The lowest BCUT2D eigenvalue weighted by molar-refractivity contribution is -0.141. The van der Waals surface area contributed by atoms with Gasteiger partial charge in [0.05, 0.1) is 6.04 Å². The standard InChI is InChI=1S/C18H25NO3/c1-13(2)12-15(19-11-10-17(21)18(19)22)16(20)9-8-14-6-4-3-5-7-14/h3-7,13,15,17,21H,8-12H2,1-2H3. The van der Waals surface area contributed by atoms with Gasteiger partial charge in [0.2, 0.25) is 0 Å². The van der Waals surface area contributed by atoms with Crippen LogP contribution in [-0.2, 0) is 16.0 Å². The highest BCUT2D eigenvalue weighted by atomic mass is 16.3. The summed E-state index contributed by atoms with van der Waals surface area (Å²) in [6.07, 6.45) is 1.28. The number of hydrogen-bond acceptors (Lipinski definition) is 3. The van der Waals surface area contributed by atoms with E-state index in [2.05, 4.69) is 13.8 Å². The van der Waals surface area contributed by atoms with Gasteiger partial charge in [-0.05, 0) is 30.7 Å². The number of Topliss-reactive ketones (excluding diaryl/α,β-unsaturated/α-hetero) is 1. The normalized spacial score (nSPS) is 19.7. The van der Waals surface area contributed by atoms with Crippen LogP contribution in [0.15, 0.2) is 30.3 Å². The van der Waals surface area contributed by atoms with Crippen LogP contribution in [0.25, 0.3) is 0 Å². The summed E-state index contributed by atoms with van der Waals surface area (Å²) in [5, 5.41) is 9.64. The minimum Gasteiger partial charge on any atom is -0.383 e. The Labute approximate surface area is 132 Å². The summed E-state index contributed by atoms with van der Waals surface area (Å²) < 4.78 is 0. The molecule has 1 N–H and O–H groups in total. The highest BCUT2D eigenvalue weighted by Gasteiger charge is 2.37. The fourth-order valence-electron chi connectivity index (χ4n) is 2.95. The third-order valence-electron chi connectivity index (χ3n) is 4.16. The maximum absolute atomic E-state index is 12.6. The van der Waals surface area contributed by atoms with Crippen molar-refractivity contribution in [2.75, 3.05) is 6.54 Å². The number of carbonyl (C=O) groups excluding carboxylic acids is 2. The Kier molecular flexibility index (Phi) is 5.72. The largest absolute Gasteiger partial charge is 0.383 e. The molecule has 0 saturated carbocycles. The van der Waals surface area contributed by atoms with Gasteiger partial charge in [-0.1, -0.05) is 44.2 Å². The molecule has 1 saturated heterocycles. The van der Waals surface area contributed by atoms with Crippen LogP contribution in [0.2, 0.25) is 0 Å². The highest BCUT2D eigenvalue weighted by molar-refractivity contribution is 5.91. The molecule has 0 bridgehead atoms. The zero-order chi connectivity index (χ0) is 16.1. The fraction of sp³-hybridized carbons (Fsp3) is 0.556. The van der Waals surface area contributed by atoms with E-state index in [1.54, 1.807) is 4.90 Å². The number of likely N-dealkylation sites (tertiary alicyclic amines) is 1. The van der Waals surface area contributed by atoms with Gasteiger partial charge in [0.15, 0.2) is 5.78 Å². The second-order valence-electron chi connectivity index (χ2n) is 6.43. The van der Waals surface area contributed by atoms with E-state index in [0.717, 1.165) is 5.56 Å². The molecule has 1 heterocycles. The van der Waals surface area contributed by atoms with E-state index < -0.39 is 12.1 Å². The van der Waals surface area contributed by atoms with E-state index in [9.17, 15) is 14.7 Å². The predicted octanol–water partition coefficient (Wildman–Crippen LogP) is 2.20. The fourth-order valence-corrected chi connectivity index (χ4v) is 2.95. The SMILES string of the molecule is CC(C)CC(C(=O)CCc1ccccc1)N1CCC(O)C1=O. The van der Waals surface area contributed by atoms with E-state index in [1.807, 2.05) is 30.3 Å². The van der Waals surface area contributed by atoms with Gasteiger partial charge in [0.25, 0.3) is 5.91 Å². The minimum atomic E-state index is -0.934. The van der Waals surface area contributed by atoms with Crippen molar-refractivity contribution in [1.82, 2.24) is 4.90 Å². The number of amides is 1. The van der Waals surface area contributed by atoms with Crippen molar-refractivity contribution < 1.29 is 14.7 Å². The van der Waals surface area contributed by atoms with Crippen LogP contribution in [0.5, 0.6) is 0 Å². The maximum Gasteiger partial charge on any atom is 0.252 e. The lowest BCUT2D eigenvalue weighted by Gasteiger charge is -2.28. The van der Waals surface area contributed by atoms with Gasteiger partial charge in [0, 0.05) is 13.0 Å². The van der Waals surface area contributed by atoms with Gasteiger partial charge in [-0.2, -0.15) is 0 Å². The lowest BCUT2D eigenvalue weighted by Crippen LogP contribution is -2.44. The van der Waals surface area contributed by atoms with Crippen molar-refractivity contribution in [1.29, 1.82) is 0 Å². The molecule has 1 aromatic rings. The Morgan fingerprint density at radius 2 is 2.00 bits per heavy atom. The molecular weight excluding hydrogens is 278 g/mol. The van der Waals surface area contributed by atoms with Crippen molar-refractivity contribution in [2.45, 2.75) is 51.7 Å². The molecule has 4 heteroatoms. The minimum absolute atomic E-state index is 0.0972. The summed E-state index contributed by atoms with van der Waals surface area (Å²) in [6, 6.07) is 9.51. The van der Waals surface area contributed by atoms with E-state index in [1.165, 1.54) is 0 Å². The summed E-state index contributed by atoms with van der Waals surface area (Å²) >= 11 is 0. The first-order valence-electron chi connectivity index (χ1n) is 8.04. The van der Waals surface area contributed by atoms with Crippen LogP contribution >= 0.6 is 0 Å². The molecule has 120 valence electrons. The number of nitrogens with zero attached hydrogens (tertiary/aromatic N) is 1. The maximum atomic E-state index is 12.6. The smallest absolute Gasteiger partial charge is 0.252 e. The Morgan fingerprint density at radius 1 is 1.32 bits per heavy atom. The summed E-state index contributed by atoms with van der Waals surface area (Å²) in [4.78, 5) is 26.2. The number of aliphatic hydroxyl groups is 1. The molecule has 4 nitrogen and oxygen atoms in total. The van der Waals surface area contributed by atoms with E-state index in [4.69, 9.17) is 0 Å². The van der Waals surface area contributed by atoms with Crippen LogP contribution in [0.4, 0.5) is 0 Å². The Bertz CT molecular complexity index is 512. The van der Waals surface area contributed by atoms with Crippen LogP contribution in [0.3, 0.4) is 0 Å². The number of benzene rings is 1. The van der Waals surface area contributed by atoms with Gasteiger partial charge in [-0.25, -0.2) is 0 Å². The Hall–Kier alpha value is -1.68. The molecule has 1 fully saturated rings. The summed E-state index contributed by atoms with van der Waals surface area (Å²) in [6.45, 7) is 4.58. The predicted molar refractivity (Wildman–Crippen MR) is 85.3 cm³/mol. The molecule has 0 aromatic heterocycles. The number of aliphatic hydroxyl groups excluding tert-OH is 1. The van der Waals surface area contributed by atoms with Gasteiger partial charge in [-0.3, -0.25) is 9.59 Å². The molecule has 2 rings (SSSR count). The van der Waals surface area contributed by atoms with E-state index in [-0.39, 0.29) is 11.7 Å². The van der Waals surface area contributed by atoms with Gasteiger partial charge in [-0.15, -0.1) is 0 Å². The quantitative estimate of drug-likeness (QED) is 0.840. The molecule has 1 aromatic carbocycles. The molecule has 0 radical (unpaired) electrons. The number of hydrogen-bond donors (Lipinski definition) is 1. The molecule has 1 aliphatic heterocycles. The molecule has 2 atom stereocenters. The lowest BCUT2D eigenvalue weighted by atomic mass is 9.95. The third kappa shape index (κ3) is 4.17. The Balaban J connectivity index is 2.02. The van der Waals surface area contributed by atoms with E-state index in [0.29, 0.717) is 38.1 Å². The van der Waals surface area contributed by atoms with Crippen LogP contribution in [-0.4, -0.2) is 40.4 Å². The van der Waals surface area contributed by atoms with Crippen LogP contribution < -0.4 is 0 Å². The van der Waals surface area contributed by atoms with Crippen LogP contribution in [0.1, 0.15) is 38.7 Å². The first kappa shape index (κ1) is 16.7. The summed E-state index contributed by atoms with van der Waals surface area (Å²) in [5.74, 6) is 0.134. The topological polar surface area (TPSA) is 57.6 Å². The highest BCUT2D eigenvalue weighted by Crippen LogP contribution is 2.21. The zero-order valence-electron chi connectivity index (χ0n) is 13.4. The first-order chi connectivity index (χ1) is 10.5. The second-order valence-corrected chi connectivity index (χ2v) is 6.43. The van der Waals surface area contributed by atoms with Gasteiger partial charge in [0.1, 0.15) is 6.10 Å². The number of aryl methyl sites for hydroxylation is 1. The molecule has 1 aliphatic rings. The molecule has 1 amide bonds. The number of carbonyl (C=O) groups is 2. The van der Waals surface area contributed by atoms with Gasteiger partial charge < -0.3 is 10.0 Å². The molecule has 0 spiro atoms. The summed E-state index contributed by atoms with van der Waals surface area (Å²) in [5.41, 5.74) is 1.13. The average molecular weight is 303 g/mol. The molecule has 2 unspecified atom stereocenters. The zero-order valence-corrected chi connectivity index (χ0v) is 13.4. The van der Waals surface area contributed by atoms with Crippen molar-refractivity contribution >= 4 is 11.7 Å². The van der Waals surface area contributed by atoms with Crippen molar-refractivity contribution in [3.05, 3.63) is 35.9 Å². The van der Waals surface area contributed by atoms with Gasteiger partial charge >= 0.3 is 0 Å². The molecule has 22 heavy (non-hydrogen) atoms. The number of rotatable bonds is 7. The molecule has 0 aliphatic carbocycles. The number of ketones is 1. The first-order valence-corrected chi connectivity index (χ1v) is 8.04. The van der Waals surface area contributed by atoms with Crippen LogP contribution in [0, 0.1) is 5.92 Å². The third-order valence-corrected chi connectivity index (χ3v) is 4.16. The summed E-state index contributed by atoms with van der Waals surface area (Å²) in [7, 11) is 0. The van der Waals surface area contributed by atoms with Crippen molar-refractivity contribution in [2.24, 2.45) is 5.92 Å². The Morgan fingerprint density at radius 3 is 2.55 bits per heavy atom. The second kappa shape index (κ2) is 7.54. The van der Waals surface area contributed by atoms with E-state index >= 15 is 0 Å². The molecular formula is C18H25NO3.